The molecule has 0 atom stereocenters. The molecule has 0 aromatic carbocycles. The van der Waals surface area contributed by atoms with Crippen molar-refractivity contribution in [2.24, 2.45) is 7.05 Å². The van der Waals surface area contributed by atoms with Crippen LogP contribution in [0.4, 0.5) is 13.2 Å². The Balaban J connectivity index is 1.92. The largest absolute Gasteiger partial charge is 0.417 e. The zero-order valence-corrected chi connectivity index (χ0v) is 17.2. The normalized spacial score (nSPS) is 12.0. The molecule has 0 aliphatic heterocycles. The van der Waals surface area contributed by atoms with Gasteiger partial charge in [-0.1, -0.05) is 0 Å². The number of hydrogen-bond donors (Lipinski definition) is 0. The SMILES string of the molecule is Cc1cc(C(F)(F)F)c2c(C)nn(CC(=O)N(C)Cc3c(C)nn(C)c3C)c2n1. The number of alkyl halides is 3. The fraction of sp³-hybridized carbons (Fsp3) is 0.474. The molecule has 7 nitrogen and oxygen atoms in total. The van der Waals surface area contributed by atoms with Crippen LogP contribution in [0.25, 0.3) is 11.0 Å². The van der Waals surface area contributed by atoms with Gasteiger partial charge in [-0.2, -0.15) is 23.4 Å². The molecule has 0 saturated carbocycles. The summed E-state index contributed by atoms with van der Waals surface area (Å²) in [7, 11) is 3.48. The lowest BCUT2D eigenvalue weighted by Crippen LogP contribution is -2.30. The van der Waals surface area contributed by atoms with Crippen molar-refractivity contribution < 1.29 is 18.0 Å². The van der Waals surface area contributed by atoms with E-state index in [1.807, 2.05) is 20.9 Å². The topological polar surface area (TPSA) is 68.8 Å². The highest BCUT2D eigenvalue weighted by Crippen LogP contribution is 2.36. The molecule has 29 heavy (non-hydrogen) atoms. The Kier molecular flexibility index (Phi) is 5.14. The number of amides is 1. The zero-order valence-electron chi connectivity index (χ0n) is 17.2. The Hall–Kier alpha value is -2.91. The van der Waals surface area contributed by atoms with Crippen LogP contribution in [-0.4, -0.2) is 42.4 Å². The number of likely N-dealkylation sites (N-methyl/N-ethyl adjacent to an activating group) is 1. The minimum atomic E-state index is -4.53. The molecule has 3 aromatic heterocycles. The summed E-state index contributed by atoms with van der Waals surface area (Å²) >= 11 is 0. The van der Waals surface area contributed by atoms with Crippen molar-refractivity contribution in [3.05, 3.63) is 40.0 Å². The van der Waals surface area contributed by atoms with Gasteiger partial charge in [0.2, 0.25) is 5.91 Å². The number of halogens is 3. The van der Waals surface area contributed by atoms with Crippen molar-refractivity contribution in [2.45, 2.75) is 47.0 Å². The van der Waals surface area contributed by atoms with Crippen molar-refractivity contribution in [3.8, 4) is 0 Å². The number of carbonyl (C=O) groups excluding carboxylic acids is 1. The highest BCUT2D eigenvalue weighted by Gasteiger charge is 2.35. The van der Waals surface area contributed by atoms with Crippen molar-refractivity contribution in [3.63, 3.8) is 0 Å². The quantitative estimate of drug-likeness (QED) is 0.665. The van der Waals surface area contributed by atoms with Crippen LogP contribution >= 0.6 is 0 Å². The van der Waals surface area contributed by atoms with Gasteiger partial charge >= 0.3 is 6.18 Å². The predicted molar refractivity (Wildman–Crippen MR) is 101 cm³/mol. The Morgan fingerprint density at radius 1 is 1.14 bits per heavy atom. The van der Waals surface area contributed by atoms with E-state index in [0.29, 0.717) is 6.54 Å². The van der Waals surface area contributed by atoms with E-state index in [1.54, 1.807) is 11.7 Å². The Morgan fingerprint density at radius 3 is 2.34 bits per heavy atom. The Labute approximate surface area is 166 Å². The predicted octanol–water partition coefficient (Wildman–Crippen LogP) is 3.08. The van der Waals surface area contributed by atoms with E-state index in [9.17, 15) is 18.0 Å². The first-order valence-corrected chi connectivity index (χ1v) is 9.05. The standard InChI is InChI=1S/C19H23F3N6O/c1-10-7-15(19(20,21)22)17-12(3)25-28(18(17)23-10)9-16(29)26(5)8-14-11(2)24-27(6)13(14)4/h7H,8-9H2,1-6H3. The highest BCUT2D eigenvalue weighted by molar-refractivity contribution is 5.85. The van der Waals surface area contributed by atoms with Crippen molar-refractivity contribution in [2.75, 3.05) is 7.05 Å². The number of hydrogen-bond acceptors (Lipinski definition) is 4. The average molecular weight is 408 g/mol. The molecule has 0 aliphatic carbocycles. The number of rotatable bonds is 4. The van der Waals surface area contributed by atoms with Gasteiger partial charge in [0.1, 0.15) is 6.54 Å². The number of fused-ring (bicyclic) bond motifs is 1. The van der Waals surface area contributed by atoms with E-state index in [0.717, 1.165) is 23.0 Å². The second kappa shape index (κ2) is 7.16. The molecule has 3 rings (SSSR count). The molecular formula is C19H23F3N6O. The lowest BCUT2D eigenvalue weighted by atomic mass is 10.1. The third-order valence-electron chi connectivity index (χ3n) is 5.08. The summed E-state index contributed by atoms with van der Waals surface area (Å²) in [4.78, 5) is 18.5. The number of carbonyl (C=O) groups is 1. The Bertz CT molecular complexity index is 1100. The molecular weight excluding hydrogens is 385 g/mol. The number of nitrogens with zero attached hydrogens (tertiary/aromatic N) is 6. The minimum absolute atomic E-state index is 0.0605. The maximum atomic E-state index is 13.4. The fourth-order valence-electron chi connectivity index (χ4n) is 3.43. The first-order valence-electron chi connectivity index (χ1n) is 9.05. The van der Waals surface area contributed by atoms with Gasteiger partial charge in [0, 0.05) is 37.6 Å². The second-order valence-electron chi connectivity index (χ2n) is 7.27. The molecule has 156 valence electrons. The van der Waals surface area contributed by atoms with Crippen molar-refractivity contribution in [1.29, 1.82) is 0 Å². The average Bonchev–Trinajstić information content (AvgIpc) is 3.04. The van der Waals surface area contributed by atoms with Crippen LogP contribution in [0.5, 0.6) is 0 Å². The third kappa shape index (κ3) is 3.83. The lowest BCUT2D eigenvalue weighted by Gasteiger charge is -2.18. The highest BCUT2D eigenvalue weighted by atomic mass is 19.4. The van der Waals surface area contributed by atoms with E-state index < -0.39 is 11.7 Å². The van der Waals surface area contributed by atoms with Crippen molar-refractivity contribution >= 4 is 16.9 Å². The van der Waals surface area contributed by atoms with Crippen LogP contribution < -0.4 is 0 Å². The maximum absolute atomic E-state index is 13.4. The van der Waals surface area contributed by atoms with Gasteiger partial charge in [-0.05, 0) is 33.8 Å². The van der Waals surface area contributed by atoms with Crippen LogP contribution in [0.1, 0.15) is 33.9 Å². The first kappa shape index (κ1) is 20.8. The van der Waals surface area contributed by atoms with Gasteiger partial charge in [0.15, 0.2) is 5.65 Å². The van der Waals surface area contributed by atoms with Gasteiger partial charge in [0.25, 0.3) is 0 Å². The summed E-state index contributed by atoms with van der Waals surface area (Å²) in [6, 6.07) is 1.00. The van der Waals surface area contributed by atoms with E-state index in [2.05, 4.69) is 15.2 Å². The summed E-state index contributed by atoms with van der Waals surface area (Å²) in [5.74, 6) is -0.283. The van der Waals surface area contributed by atoms with Gasteiger partial charge in [-0.3, -0.25) is 9.48 Å². The molecule has 0 bridgehead atoms. The Morgan fingerprint density at radius 2 is 1.79 bits per heavy atom. The van der Waals surface area contributed by atoms with E-state index >= 15 is 0 Å². The van der Waals surface area contributed by atoms with Crippen LogP contribution in [0.2, 0.25) is 0 Å². The lowest BCUT2D eigenvalue weighted by molar-refractivity contribution is -0.136. The smallest absolute Gasteiger partial charge is 0.340 e. The maximum Gasteiger partial charge on any atom is 0.417 e. The summed E-state index contributed by atoms with van der Waals surface area (Å²) in [5.41, 5.74) is 2.41. The molecule has 0 fully saturated rings. The number of pyridine rings is 1. The molecule has 3 heterocycles. The molecule has 0 unspecified atom stereocenters. The van der Waals surface area contributed by atoms with E-state index in [1.165, 1.54) is 23.4 Å². The second-order valence-corrected chi connectivity index (χ2v) is 7.27. The first-order chi connectivity index (χ1) is 13.4. The molecule has 0 aliphatic rings. The summed E-state index contributed by atoms with van der Waals surface area (Å²) in [6.45, 7) is 6.92. The molecule has 0 spiro atoms. The number of aryl methyl sites for hydroxylation is 4. The summed E-state index contributed by atoms with van der Waals surface area (Å²) < 4.78 is 43.3. The summed E-state index contributed by atoms with van der Waals surface area (Å²) in [6.07, 6.45) is -4.53. The van der Waals surface area contributed by atoms with Crippen LogP contribution in [0, 0.1) is 27.7 Å². The van der Waals surface area contributed by atoms with Crippen LogP contribution in [0.15, 0.2) is 6.07 Å². The van der Waals surface area contributed by atoms with Gasteiger partial charge < -0.3 is 4.90 Å². The van der Waals surface area contributed by atoms with Crippen molar-refractivity contribution in [1.82, 2.24) is 29.4 Å². The van der Waals surface area contributed by atoms with E-state index in [4.69, 9.17) is 0 Å². The molecule has 3 aromatic rings. The van der Waals surface area contributed by atoms with Crippen LogP contribution in [0.3, 0.4) is 0 Å². The molecule has 0 radical (unpaired) electrons. The van der Waals surface area contributed by atoms with E-state index in [-0.39, 0.29) is 34.9 Å². The minimum Gasteiger partial charge on any atom is -0.340 e. The third-order valence-corrected chi connectivity index (χ3v) is 5.08. The molecule has 0 saturated heterocycles. The summed E-state index contributed by atoms with van der Waals surface area (Å²) in [5, 5.41) is 8.43. The van der Waals surface area contributed by atoms with Gasteiger partial charge in [-0.25, -0.2) is 9.67 Å². The zero-order chi connectivity index (χ0) is 21.7. The monoisotopic (exact) mass is 408 g/mol. The molecule has 0 N–H and O–H groups in total. The molecule has 10 heteroatoms. The fourth-order valence-corrected chi connectivity index (χ4v) is 3.43. The molecule has 1 amide bonds. The van der Waals surface area contributed by atoms with Crippen LogP contribution in [-0.2, 0) is 31.1 Å². The van der Waals surface area contributed by atoms with Gasteiger partial charge in [0.05, 0.1) is 22.3 Å². The number of aromatic nitrogens is 5. The van der Waals surface area contributed by atoms with Gasteiger partial charge in [-0.15, -0.1) is 0 Å².